The first-order valence-electron chi connectivity index (χ1n) is 4.63. The lowest BCUT2D eigenvalue weighted by atomic mass is 10.1. The van der Waals surface area contributed by atoms with Crippen molar-refractivity contribution in [3.8, 4) is 5.75 Å². The molecule has 0 aliphatic rings. The van der Waals surface area contributed by atoms with Crippen molar-refractivity contribution in [2.24, 2.45) is 0 Å². The molecule has 0 atom stereocenters. The fourth-order valence-corrected chi connectivity index (χ4v) is 2.69. The molecule has 0 spiro atoms. The van der Waals surface area contributed by atoms with Crippen LogP contribution in [-0.4, -0.2) is 20.0 Å². The van der Waals surface area contributed by atoms with Crippen LogP contribution in [0, 0.1) is 10.1 Å². The Kier molecular flexibility index (Phi) is 4.63. The van der Waals surface area contributed by atoms with Crippen LogP contribution in [0.25, 0.3) is 0 Å². The average Bonchev–Trinajstić information content (AvgIpc) is 2.24. The highest BCUT2D eigenvalue weighted by molar-refractivity contribution is 8.13. The van der Waals surface area contributed by atoms with E-state index in [2.05, 4.69) is 4.74 Å². The lowest BCUT2D eigenvalue weighted by molar-refractivity contribution is -0.388. The maximum absolute atomic E-state index is 12.8. The molecule has 0 aliphatic heterocycles. The van der Waals surface area contributed by atoms with Gasteiger partial charge in [-0.1, -0.05) is 0 Å². The maximum atomic E-state index is 12.8. The molecule has 0 saturated carbocycles. The number of rotatable bonds is 4. The second-order valence-electron chi connectivity index (χ2n) is 3.36. The molecule has 0 N–H and O–H groups in total. The van der Waals surface area contributed by atoms with E-state index in [9.17, 15) is 40.5 Å². The standard InChI is InChI=1S/C8H3ClF5NO5S/c9-21(18,19)6-4(20-7(10)11)2-1-3(15(16)17)5(6)8(12,13)14/h1-2,7H. The van der Waals surface area contributed by atoms with Crippen LogP contribution in [0.15, 0.2) is 17.0 Å². The number of nitrogens with zero attached hydrogens (tertiary/aromatic N) is 1. The monoisotopic (exact) mass is 355 g/mol. The van der Waals surface area contributed by atoms with Crippen LogP contribution in [0.3, 0.4) is 0 Å². The van der Waals surface area contributed by atoms with Gasteiger partial charge in [0, 0.05) is 16.7 Å². The molecule has 0 amide bonds. The van der Waals surface area contributed by atoms with Gasteiger partial charge in [-0.15, -0.1) is 0 Å². The Hall–Kier alpha value is -1.69. The van der Waals surface area contributed by atoms with Crippen LogP contribution in [0.4, 0.5) is 27.6 Å². The molecular formula is C8H3ClF5NO5S. The molecule has 21 heavy (non-hydrogen) atoms. The number of nitro benzene ring substituents is 1. The minimum atomic E-state index is -5.54. The van der Waals surface area contributed by atoms with Crippen molar-refractivity contribution in [2.45, 2.75) is 17.7 Å². The SMILES string of the molecule is O=[N+]([O-])c1ccc(OC(F)F)c(S(=O)(=O)Cl)c1C(F)(F)F. The molecular weight excluding hydrogens is 353 g/mol. The molecule has 0 unspecified atom stereocenters. The Morgan fingerprint density at radius 3 is 2.14 bits per heavy atom. The number of benzene rings is 1. The third-order valence-corrected chi connectivity index (χ3v) is 3.40. The number of ether oxygens (including phenoxy) is 1. The van der Waals surface area contributed by atoms with Gasteiger partial charge in [-0.2, -0.15) is 22.0 Å². The van der Waals surface area contributed by atoms with E-state index in [-0.39, 0.29) is 12.1 Å². The fraction of sp³-hybridized carbons (Fsp3) is 0.250. The van der Waals surface area contributed by atoms with Gasteiger partial charge in [-0.25, -0.2) is 8.42 Å². The third kappa shape index (κ3) is 3.91. The van der Waals surface area contributed by atoms with Crippen LogP contribution in [0.5, 0.6) is 5.75 Å². The summed E-state index contributed by atoms with van der Waals surface area (Å²) in [7, 11) is -0.500. The zero-order chi connectivity index (χ0) is 16.6. The Labute approximate surface area is 117 Å². The largest absolute Gasteiger partial charge is 0.433 e. The maximum Gasteiger partial charge on any atom is 0.424 e. The normalized spacial score (nSPS) is 12.5. The van der Waals surface area contributed by atoms with Crippen LogP contribution in [0.2, 0.25) is 0 Å². The molecule has 0 aromatic heterocycles. The van der Waals surface area contributed by atoms with E-state index < -0.39 is 48.7 Å². The molecule has 13 heteroatoms. The molecule has 0 bridgehead atoms. The van der Waals surface area contributed by atoms with Gasteiger partial charge in [0.1, 0.15) is 10.6 Å². The van der Waals surface area contributed by atoms with Gasteiger partial charge >= 0.3 is 12.8 Å². The minimum absolute atomic E-state index is 0.187. The Balaban J connectivity index is 3.88. The van der Waals surface area contributed by atoms with Gasteiger partial charge in [0.2, 0.25) is 0 Å². The van der Waals surface area contributed by atoms with Gasteiger partial charge in [0.25, 0.3) is 14.7 Å². The summed E-state index contributed by atoms with van der Waals surface area (Å²) in [6.45, 7) is -3.66. The molecule has 1 aromatic rings. The summed E-state index contributed by atoms with van der Waals surface area (Å²) in [6.07, 6.45) is -5.54. The summed E-state index contributed by atoms with van der Waals surface area (Å²) < 4.78 is 88.8. The van der Waals surface area contributed by atoms with E-state index in [1.54, 1.807) is 0 Å². The molecule has 0 radical (unpaired) electrons. The quantitative estimate of drug-likeness (QED) is 0.358. The minimum Gasteiger partial charge on any atom is -0.433 e. The van der Waals surface area contributed by atoms with Crippen molar-refractivity contribution in [3.63, 3.8) is 0 Å². The molecule has 1 aromatic carbocycles. The van der Waals surface area contributed by atoms with E-state index in [1.165, 1.54) is 0 Å². The van der Waals surface area contributed by atoms with Crippen LogP contribution >= 0.6 is 10.7 Å². The molecule has 118 valence electrons. The second-order valence-corrected chi connectivity index (χ2v) is 5.86. The molecule has 0 heterocycles. The first-order valence-corrected chi connectivity index (χ1v) is 6.94. The van der Waals surface area contributed by atoms with Gasteiger partial charge < -0.3 is 4.74 Å². The average molecular weight is 356 g/mol. The molecule has 0 fully saturated rings. The predicted molar refractivity (Wildman–Crippen MR) is 57.8 cm³/mol. The van der Waals surface area contributed by atoms with Crippen molar-refractivity contribution in [1.29, 1.82) is 0 Å². The molecule has 0 saturated heterocycles. The van der Waals surface area contributed by atoms with Gasteiger partial charge in [-0.05, 0) is 6.07 Å². The first kappa shape index (κ1) is 17.4. The van der Waals surface area contributed by atoms with E-state index in [0.717, 1.165) is 0 Å². The highest BCUT2D eigenvalue weighted by Crippen LogP contribution is 2.45. The van der Waals surface area contributed by atoms with Gasteiger partial charge in [0.15, 0.2) is 5.56 Å². The number of nitro groups is 1. The second kappa shape index (κ2) is 5.60. The smallest absolute Gasteiger partial charge is 0.424 e. The van der Waals surface area contributed by atoms with Crippen molar-refractivity contribution in [2.75, 3.05) is 0 Å². The highest BCUT2D eigenvalue weighted by Gasteiger charge is 2.46. The number of hydrogen-bond donors (Lipinski definition) is 0. The predicted octanol–water partition coefficient (Wildman–Crippen LogP) is 3.14. The Bertz CT molecular complexity index is 674. The highest BCUT2D eigenvalue weighted by atomic mass is 35.7. The zero-order valence-electron chi connectivity index (χ0n) is 9.40. The van der Waals surface area contributed by atoms with Crippen molar-refractivity contribution >= 4 is 25.4 Å². The van der Waals surface area contributed by atoms with E-state index in [4.69, 9.17) is 10.7 Å². The number of hydrogen-bond acceptors (Lipinski definition) is 5. The van der Waals surface area contributed by atoms with E-state index >= 15 is 0 Å². The molecule has 0 aliphatic carbocycles. The summed E-state index contributed by atoms with van der Waals surface area (Å²) in [5.74, 6) is -1.45. The van der Waals surface area contributed by atoms with E-state index in [0.29, 0.717) is 0 Å². The first-order chi connectivity index (χ1) is 9.35. The lowest BCUT2D eigenvalue weighted by Crippen LogP contribution is -2.16. The topological polar surface area (TPSA) is 86.5 Å². The van der Waals surface area contributed by atoms with Gasteiger partial charge in [-0.3, -0.25) is 10.1 Å². The summed E-state index contributed by atoms with van der Waals surface area (Å²) >= 11 is 0. The summed E-state index contributed by atoms with van der Waals surface area (Å²) in [5, 5.41) is 10.6. The van der Waals surface area contributed by atoms with Crippen molar-refractivity contribution in [1.82, 2.24) is 0 Å². The third-order valence-electron chi connectivity index (χ3n) is 2.04. The summed E-state index contributed by atoms with van der Waals surface area (Å²) in [4.78, 5) is 7.09. The van der Waals surface area contributed by atoms with E-state index in [1.807, 2.05) is 0 Å². The fourth-order valence-electron chi connectivity index (χ4n) is 1.41. The Morgan fingerprint density at radius 1 is 1.29 bits per heavy atom. The number of halogens is 6. The summed E-state index contributed by atoms with van der Waals surface area (Å²) in [6, 6.07) is 0.473. The lowest BCUT2D eigenvalue weighted by Gasteiger charge is -2.15. The zero-order valence-corrected chi connectivity index (χ0v) is 11.0. The van der Waals surface area contributed by atoms with Crippen molar-refractivity contribution in [3.05, 3.63) is 27.8 Å². The molecule has 1 rings (SSSR count). The summed E-state index contributed by atoms with van der Waals surface area (Å²) in [5.41, 5.74) is -3.95. The molecule has 6 nitrogen and oxygen atoms in total. The number of alkyl halides is 5. The Morgan fingerprint density at radius 2 is 1.81 bits per heavy atom. The van der Waals surface area contributed by atoms with Crippen molar-refractivity contribution < 1.29 is 40.0 Å². The van der Waals surface area contributed by atoms with Crippen LogP contribution < -0.4 is 4.74 Å². The van der Waals surface area contributed by atoms with Crippen LogP contribution in [0.1, 0.15) is 5.56 Å². The van der Waals surface area contributed by atoms with Gasteiger partial charge in [0.05, 0.1) is 4.92 Å². The van der Waals surface area contributed by atoms with Crippen LogP contribution in [-0.2, 0) is 15.2 Å².